The molecule has 2 unspecified atom stereocenters. The first-order chi connectivity index (χ1) is 17.1. The van der Waals surface area contributed by atoms with Gasteiger partial charge in [-0.15, -0.1) is 0 Å². The van der Waals surface area contributed by atoms with E-state index >= 15 is 0 Å². The zero-order valence-electron chi connectivity index (χ0n) is 19.2. The minimum Gasteiger partial charge on any atom is -0.360 e. The molecule has 0 amide bonds. The largest absolute Gasteiger partial charge is 0.360 e. The van der Waals surface area contributed by atoms with Crippen LogP contribution in [-0.2, 0) is 0 Å². The Bertz CT molecular complexity index is 1570. The number of H-pyrrole nitrogens is 1. The van der Waals surface area contributed by atoms with Crippen LogP contribution in [0.2, 0.25) is 0 Å². The number of hydrogen-bond donors (Lipinski definition) is 5. The smallest absolute Gasteiger partial charge is 0.140 e. The molecule has 3 heterocycles. The Hall–Kier alpha value is -4.49. The third kappa shape index (κ3) is 3.28. The Morgan fingerprint density at radius 1 is 0.743 bits per heavy atom. The zero-order valence-corrected chi connectivity index (χ0v) is 19.2. The summed E-state index contributed by atoms with van der Waals surface area (Å²) in [6.07, 6.45) is -0.164. The number of benzene rings is 4. The van der Waals surface area contributed by atoms with E-state index in [0.29, 0.717) is 0 Å². The van der Waals surface area contributed by atoms with Crippen LogP contribution in [0.1, 0.15) is 29.3 Å². The second-order valence-corrected chi connectivity index (χ2v) is 9.18. The Morgan fingerprint density at radius 2 is 1.57 bits per heavy atom. The quantitative estimate of drug-likeness (QED) is 0.216. The average Bonchev–Trinajstić information content (AvgIpc) is 3.57. The highest BCUT2D eigenvalue weighted by molar-refractivity contribution is 5.83. The number of nitrogens with two attached hydrogens (primary N) is 1. The SMILES string of the molecule is Cc1nc2cc(C3Nc4ccc(C5Nc6cc(-c7ccccc7)ccc6N5N)cc4N3)ccc2[nH]1. The van der Waals surface area contributed by atoms with Crippen LogP contribution in [0.5, 0.6) is 0 Å². The maximum absolute atomic E-state index is 6.55. The molecule has 7 rings (SSSR count). The van der Waals surface area contributed by atoms with Crippen molar-refractivity contribution in [3.05, 3.63) is 102 Å². The molecule has 2 atom stereocenters. The lowest BCUT2D eigenvalue weighted by molar-refractivity contribution is 0.746. The van der Waals surface area contributed by atoms with Crippen LogP contribution in [0.15, 0.2) is 84.9 Å². The summed E-state index contributed by atoms with van der Waals surface area (Å²) in [5.74, 6) is 7.48. The molecule has 4 aromatic carbocycles. The summed E-state index contributed by atoms with van der Waals surface area (Å²) in [4.78, 5) is 7.86. The summed E-state index contributed by atoms with van der Waals surface area (Å²) >= 11 is 0. The maximum Gasteiger partial charge on any atom is 0.140 e. The van der Waals surface area contributed by atoms with Crippen LogP contribution in [0.4, 0.5) is 22.7 Å². The van der Waals surface area contributed by atoms with Crippen molar-refractivity contribution < 1.29 is 0 Å². The van der Waals surface area contributed by atoms with Crippen molar-refractivity contribution in [2.24, 2.45) is 5.84 Å². The van der Waals surface area contributed by atoms with E-state index in [1.54, 1.807) is 5.01 Å². The maximum atomic E-state index is 6.55. The summed E-state index contributed by atoms with van der Waals surface area (Å²) in [7, 11) is 0. The lowest BCUT2D eigenvalue weighted by Crippen LogP contribution is -2.34. The van der Waals surface area contributed by atoms with Gasteiger partial charge < -0.3 is 20.9 Å². The summed E-state index contributed by atoms with van der Waals surface area (Å²) in [6.45, 7) is 1.97. The van der Waals surface area contributed by atoms with Crippen molar-refractivity contribution >= 4 is 33.8 Å². The Morgan fingerprint density at radius 3 is 2.46 bits per heavy atom. The summed E-state index contributed by atoms with van der Waals surface area (Å²) in [5, 5.41) is 12.6. The van der Waals surface area contributed by atoms with Crippen molar-refractivity contribution in [2.75, 3.05) is 21.0 Å². The van der Waals surface area contributed by atoms with Crippen LogP contribution < -0.4 is 26.8 Å². The van der Waals surface area contributed by atoms with Crippen LogP contribution in [0.3, 0.4) is 0 Å². The molecule has 2 aliphatic rings. The van der Waals surface area contributed by atoms with Crippen molar-refractivity contribution in [1.29, 1.82) is 0 Å². The Balaban J connectivity index is 1.14. The van der Waals surface area contributed by atoms with E-state index in [-0.39, 0.29) is 12.3 Å². The van der Waals surface area contributed by atoms with Gasteiger partial charge in [-0.3, -0.25) is 5.01 Å². The van der Waals surface area contributed by atoms with Crippen LogP contribution in [0.25, 0.3) is 22.2 Å². The second kappa shape index (κ2) is 7.51. The van der Waals surface area contributed by atoms with Crippen molar-refractivity contribution in [1.82, 2.24) is 9.97 Å². The molecule has 2 aliphatic heterocycles. The highest BCUT2D eigenvalue weighted by Crippen LogP contribution is 2.43. The van der Waals surface area contributed by atoms with Gasteiger partial charge in [-0.05, 0) is 65.6 Å². The van der Waals surface area contributed by atoms with E-state index in [2.05, 4.69) is 105 Å². The molecule has 0 aliphatic carbocycles. The monoisotopic (exact) mass is 459 g/mol. The fourth-order valence-electron chi connectivity index (χ4n) is 5.11. The number of rotatable bonds is 3. The van der Waals surface area contributed by atoms with Crippen molar-refractivity contribution in [3.63, 3.8) is 0 Å². The topological polar surface area (TPSA) is 94.0 Å². The molecule has 1 aromatic heterocycles. The predicted molar refractivity (Wildman–Crippen MR) is 142 cm³/mol. The van der Waals surface area contributed by atoms with Gasteiger partial charge in [-0.1, -0.05) is 48.5 Å². The number of imidazole rings is 1. The molecule has 5 aromatic rings. The number of hydrogen-bond acceptors (Lipinski definition) is 6. The molecule has 0 fully saturated rings. The van der Waals surface area contributed by atoms with Gasteiger partial charge >= 0.3 is 0 Å². The van der Waals surface area contributed by atoms with E-state index in [4.69, 9.17) is 5.84 Å². The van der Waals surface area contributed by atoms with Gasteiger partial charge in [0.05, 0.1) is 33.8 Å². The molecule has 0 saturated carbocycles. The Kier molecular flexibility index (Phi) is 4.28. The van der Waals surface area contributed by atoms with Gasteiger partial charge in [-0.25, -0.2) is 10.8 Å². The first-order valence-electron chi connectivity index (χ1n) is 11.8. The summed E-state index contributed by atoms with van der Waals surface area (Å²) < 4.78 is 0. The molecule has 35 heavy (non-hydrogen) atoms. The minimum absolute atomic E-state index is 0.0159. The first kappa shape index (κ1) is 19.9. The van der Waals surface area contributed by atoms with Crippen molar-refractivity contribution in [3.8, 4) is 11.1 Å². The molecule has 0 spiro atoms. The molecule has 0 radical (unpaired) electrons. The molecular weight excluding hydrogens is 434 g/mol. The molecule has 7 heteroatoms. The third-order valence-corrected chi connectivity index (χ3v) is 6.87. The van der Waals surface area contributed by atoms with E-state index in [9.17, 15) is 0 Å². The van der Waals surface area contributed by atoms with Crippen molar-refractivity contribution in [2.45, 2.75) is 19.3 Å². The first-order valence-corrected chi connectivity index (χ1v) is 11.8. The van der Waals surface area contributed by atoms with E-state index < -0.39 is 0 Å². The number of aromatic nitrogens is 2. The number of anilines is 4. The van der Waals surface area contributed by atoms with Gasteiger partial charge in [-0.2, -0.15) is 0 Å². The fourth-order valence-corrected chi connectivity index (χ4v) is 5.11. The highest BCUT2D eigenvalue weighted by Gasteiger charge is 2.30. The highest BCUT2D eigenvalue weighted by atomic mass is 15.5. The molecule has 0 bridgehead atoms. The Labute approximate surface area is 203 Å². The van der Waals surface area contributed by atoms with E-state index in [1.807, 2.05) is 13.0 Å². The van der Waals surface area contributed by atoms with Crippen LogP contribution in [-0.4, -0.2) is 9.97 Å². The van der Waals surface area contributed by atoms with Crippen LogP contribution in [0, 0.1) is 6.92 Å². The van der Waals surface area contributed by atoms with Gasteiger partial charge in [0.1, 0.15) is 18.2 Å². The zero-order chi connectivity index (χ0) is 23.5. The lowest BCUT2D eigenvalue weighted by atomic mass is 10.0. The molecule has 0 saturated heterocycles. The number of fused-ring (bicyclic) bond motifs is 3. The minimum atomic E-state index is -0.148. The second-order valence-electron chi connectivity index (χ2n) is 9.18. The molecule has 172 valence electrons. The van der Waals surface area contributed by atoms with Crippen LogP contribution >= 0.6 is 0 Å². The van der Waals surface area contributed by atoms with E-state index in [1.165, 1.54) is 5.56 Å². The number of nitrogens with one attached hydrogen (secondary N) is 4. The number of nitrogens with zero attached hydrogens (tertiary/aromatic N) is 2. The van der Waals surface area contributed by atoms with Gasteiger partial charge in [0.25, 0.3) is 0 Å². The fraction of sp³-hybridized carbons (Fsp3) is 0.107. The number of aryl methyl sites for hydroxylation is 1. The normalized spacial score (nSPS) is 18.1. The molecule has 6 N–H and O–H groups in total. The predicted octanol–water partition coefficient (Wildman–Crippen LogP) is 5.88. The van der Waals surface area contributed by atoms with E-state index in [0.717, 1.165) is 56.3 Å². The van der Waals surface area contributed by atoms with Gasteiger partial charge in [0, 0.05) is 0 Å². The summed E-state index contributed by atoms with van der Waals surface area (Å²) in [5.41, 5.74) is 10.8. The number of hydrazine groups is 1. The van der Waals surface area contributed by atoms with Gasteiger partial charge in [0.15, 0.2) is 0 Å². The van der Waals surface area contributed by atoms with Gasteiger partial charge in [0.2, 0.25) is 0 Å². The summed E-state index contributed by atoms with van der Waals surface area (Å²) in [6, 6.07) is 29.5. The molecule has 7 nitrogen and oxygen atoms in total. The average molecular weight is 460 g/mol. The third-order valence-electron chi connectivity index (χ3n) is 6.87. The molecular formula is C28H25N7. The standard InChI is InChI=1S/C28H25N7/c1-16-30-21-10-7-19(14-23(21)31-16)27-32-22-11-8-20(15-24(22)33-27)28-34-25-13-18(9-12-26(25)35(28)29)17-5-3-2-4-6-17/h2-15,27-28,32-34H,29H2,1H3,(H,30,31). The lowest BCUT2D eigenvalue weighted by Gasteiger charge is -2.22. The number of aromatic amines is 1.